The predicted molar refractivity (Wildman–Crippen MR) is 124 cm³/mol. The van der Waals surface area contributed by atoms with Gasteiger partial charge in [0, 0.05) is 22.9 Å². The minimum atomic E-state index is -4.81. The summed E-state index contributed by atoms with van der Waals surface area (Å²) in [6.07, 6.45) is -4.81. The largest absolute Gasteiger partial charge is 0.573 e. The molecule has 1 aromatic heterocycles. The molecule has 0 unspecified atom stereocenters. The van der Waals surface area contributed by atoms with Crippen LogP contribution in [-0.4, -0.2) is 26.4 Å². The number of nitrogens with one attached hydrogen (secondary N) is 3. The third-order valence-corrected chi connectivity index (χ3v) is 4.33. The van der Waals surface area contributed by atoms with Gasteiger partial charge in [-0.25, -0.2) is 4.98 Å². The summed E-state index contributed by atoms with van der Waals surface area (Å²) in [6, 6.07) is 13.4. The van der Waals surface area contributed by atoms with Gasteiger partial charge in [-0.15, -0.1) is 13.2 Å². The van der Waals surface area contributed by atoms with Crippen LogP contribution in [-0.2, 0) is 15.1 Å². The van der Waals surface area contributed by atoms with E-state index >= 15 is 0 Å². The molecule has 3 aromatic rings. The third-order valence-electron chi connectivity index (χ3n) is 3.96. The first-order valence-corrected chi connectivity index (χ1v) is 10.9. The fourth-order valence-electron chi connectivity index (χ4n) is 2.74. The first-order chi connectivity index (χ1) is 15.9. The van der Waals surface area contributed by atoms with Crippen LogP contribution in [0.2, 0.25) is 0 Å². The second kappa shape index (κ2) is 10.1. The van der Waals surface area contributed by atoms with E-state index in [9.17, 15) is 17.4 Å². The maximum Gasteiger partial charge on any atom is 0.573 e. The molecule has 13 heteroatoms. The van der Waals surface area contributed by atoms with E-state index in [0.717, 1.165) is 0 Å². The Morgan fingerprint density at radius 2 is 1.71 bits per heavy atom. The van der Waals surface area contributed by atoms with Crippen molar-refractivity contribution in [3.05, 3.63) is 54.6 Å². The number of benzene rings is 2. The Labute approximate surface area is 195 Å². The van der Waals surface area contributed by atoms with Crippen molar-refractivity contribution >= 4 is 34.0 Å². The van der Waals surface area contributed by atoms with E-state index in [0.29, 0.717) is 28.5 Å². The Kier molecular flexibility index (Phi) is 7.47. The predicted octanol–water partition coefficient (Wildman–Crippen LogP) is 5.94. The van der Waals surface area contributed by atoms with Crippen molar-refractivity contribution in [3.8, 4) is 17.0 Å². The summed E-state index contributed by atoms with van der Waals surface area (Å²) in [6.45, 7) is 5.74. The van der Waals surface area contributed by atoms with Gasteiger partial charge in [0.05, 0.1) is 11.4 Å². The van der Waals surface area contributed by atoms with Crippen LogP contribution < -0.4 is 20.9 Å². The van der Waals surface area contributed by atoms with Gasteiger partial charge < -0.3 is 23.2 Å². The molecule has 182 valence electrons. The van der Waals surface area contributed by atoms with Crippen molar-refractivity contribution in [1.29, 1.82) is 0 Å². The van der Waals surface area contributed by atoms with E-state index in [2.05, 4.69) is 35.2 Å². The number of ether oxygens (including phenoxy) is 1. The molecule has 4 N–H and O–H groups in total. The molecular formula is C21H22F3N6O3S-. The maximum absolute atomic E-state index is 12.6. The van der Waals surface area contributed by atoms with Gasteiger partial charge >= 0.3 is 6.36 Å². The molecule has 0 amide bonds. The molecule has 0 spiro atoms. The minimum absolute atomic E-state index is 0.260. The van der Waals surface area contributed by atoms with Gasteiger partial charge in [-0.05, 0) is 57.2 Å². The van der Waals surface area contributed by atoms with Crippen molar-refractivity contribution in [2.45, 2.75) is 32.7 Å². The van der Waals surface area contributed by atoms with Crippen molar-refractivity contribution in [2.75, 3.05) is 16.2 Å². The second-order valence-corrected chi connectivity index (χ2v) is 8.68. The Morgan fingerprint density at radius 3 is 2.32 bits per heavy atom. The zero-order valence-electron chi connectivity index (χ0n) is 18.3. The molecule has 0 saturated heterocycles. The molecule has 0 aliphatic carbocycles. The van der Waals surface area contributed by atoms with Crippen molar-refractivity contribution in [2.24, 2.45) is 4.36 Å². The number of hydrogen-bond acceptors (Lipinski definition) is 9. The molecule has 0 bridgehead atoms. The standard InChI is InChI=1S/C21H22F3N6O3S/c1-20(2,3)27-19-25-17(13-5-4-6-16(11-13)33-21(22,23)24)12-18(26-19)29-28-14-7-9-15(10-8-14)30-34(31)32/h4-12,28H,1-3H3,(H,30,31,32)(H2,25,26,27,29)/q-1. The summed E-state index contributed by atoms with van der Waals surface area (Å²) in [4.78, 5) is 8.83. The van der Waals surface area contributed by atoms with Crippen LogP contribution in [0.4, 0.5) is 36.3 Å². The highest BCUT2D eigenvalue weighted by Gasteiger charge is 2.31. The normalized spacial score (nSPS) is 12.8. The third kappa shape index (κ3) is 8.08. The number of alkyl halides is 3. The topological polar surface area (TPSA) is 121 Å². The average Bonchev–Trinajstić information content (AvgIpc) is 2.70. The van der Waals surface area contributed by atoms with Crippen LogP contribution in [0.1, 0.15) is 20.8 Å². The zero-order valence-corrected chi connectivity index (χ0v) is 19.2. The van der Waals surface area contributed by atoms with E-state index in [4.69, 9.17) is 4.55 Å². The number of nitrogens with zero attached hydrogens (tertiary/aromatic N) is 3. The van der Waals surface area contributed by atoms with Gasteiger partial charge in [0.15, 0.2) is 5.82 Å². The highest BCUT2D eigenvalue weighted by molar-refractivity contribution is 7.68. The highest BCUT2D eigenvalue weighted by Crippen LogP contribution is 2.29. The monoisotopic (exact) mass is 495 g/mol. The molecule has 3 rings (SSSR count). The number of halogens is 3. The Bertz CT molecular complexity index is 1220. The first kappa shape index (κ1) is 25.1. The van der Waals surface area contributed by atoms with E-state index in [1.165, 1.54) is 18.2 Å². The summed E-state index contributed by atoms with van der Waals surface area (Å²) >= 11 is 0. The van der Waals surface area contributed by atoms with Gasteiger partial charge in [0.2, 0.25) is 5.95 Å². The quantitative estimate of drug-likeness (QED) is 0.180. The SMILES string of the molecule is CC(C)(C)Nc1nc(NNc2ccc(N=[S-](=O)O)cc2)cc(-c2cccc(OC(F)(F)F)c2)n1. The lowest BCUT2D eigenvalue weighted by atomic mass is 10.1. The Hall–Kier alpha value is -3.58. The summed E-state index contributed by atoms with van der Waals surface area (Å²) < 4.78 is 65.0. The van der Waals surface area contributed by atoms with Crippen LogP contribution in [0, 0.1) is 0 Å². The number of anilines is 3. The van der Waals surface area contributed by atoms with Gasteiger partial charge in [-0.3, -0.25) is 10.9 Å². The molecule has 0 fully saturated rings. The zero-order chi connectivity index (χ0) is 24.9. The summed E-state index contributed by atoms with van der Waals surface area (Å²) in [5.41, 5.74) is 7.16. The molecule has 0 aliphatic rings. The Balaban J connectivity index is 1.88. The molecule has 0 aliphatic heterocycles. The maximum atomic E-state index is 12.6. The average molecular weight is 496 g/mol. The lowest BCUT2D eigenvalue weighted by Gasteiger charge is -2.21. The number of hydrogen-bond donors (Lipinski definition) is 4. The highest BCUT2D eigenvalue weighted by atomic mass is 32.2. The van der Waals surface area contributed by atoms with E-state index < -0.39 is 17.2 Å². The number of rotatable bonds is 7. The van der Waals surface area contributed by atoms with Crippen LogP contribution in [0.3, 0.4) is 0 Å². The molecular weight excluding hydrogens is 473 g/mol. The molecule has 1 heterocycles. The van der Waals surface area contributed by atoms with Gasteiger partial charge in [-0.2, -0.15) is 4.98 Å². The van der Waals surface area contributed by atoms with Gasteiger partial charge in [0.1, 0.15) is 5.75 Å². The van der Waals surface area contributed by atoms with Gasteiger partial charge in [0.25, 0.3) is 0 Å². The molecule has 9 nitrogen and oxygen atoms in total. The van der Waals surface area contributed by atoms with Crippen LogP contribution >= 0.6 is 0 Å². The van der Waals surface area contributed by atoms with Crippen LogP contribution in [0.15, 0.2) is 59.0 Å². The summed E-state index contributed by atoms with van der Waals surface area (Å²) in [5.74, 6) is 0.232. The Morgan fingerprint density at radius 1 is 1.00 bits per heavy atom. The first-order valence-electron chi connectivity index (χ1n) is 9.85. The summed E-state index contributed by atoms with van der Waals surface area (Å²) in [7, 11) is -2.30. The van der Waals surface area contributed by atoms with Crippen molar-refractivity contribution in [3.63, 3.8) is 0 Å². The molecule has 34 heavy (non-hydrogen) atoms. The molecule has 0 saturated carbocycles. The van der Waals surface area contributed by atoms with Gasteiger partial charge in [-0.1, -0.05) is 23.0 Å². The van der Waals surface area contributed by atoms with E-state index in [1.54, 1.807) is 36.4 Å². The fraction of sp³-hybridized carbons (Fsp3) is 0.238. The fourth-order valence-corrected chi connectivity index (χ4v) is 3.04. The molecule has 0 atom stereocenters. The second-order valence-electron chi connectivity index (χ2n) is 8.03. The van der Waals surface area contributed by atoms with Crippen molar-refractivity contribution < 1.29 is 26.7 Å². The van der Waals surface area contributed by atoms with E-state index in [-0.39, 0.29) is 17.2 Å². The van der Waals surface area contributed by atoms with Crippen LogP contribution in [0.5, 0.6) is 5.75 Å². The van der Waals surface area contributed by atoms with E-state index in [1.807, 2.05) is 20.8 Å². The van der Waals surface area contributed by atoms with Crippen LogP contribution in [0.25, 0.3) is 11.3 Å². The minimum Gasteiger partial charge on any atom is -0.454 e. The van der Waals surface area contributed by atoms with Crippen molar-refractivity contribution in [1.82, 2.24) is 9.97 Å². The lowest BCUT2D eigenvalue weighted by Crippen LogP contribution is -2.27. The smallest absolute Gasteiger partial charge is 0.454 e. The lowest BCUT2D eigenvalue weighted by molar-refractivity contribution is -0.274. The number of hydrazine groups is 1. The molecule has 0 radical (unpaired) electrons. The summed E-state index contributed by atoms with van der Waals surface area (Å²) in [5, 5.41) is 3.14. The molecule has 2 aromatic carbocycles. The number of aromatic nitrogens is 2.